The van der Waals surface area contributed by atoms with Crippen LogP contribution in [0.1, 0.15) is 25.3 Å². The number of hydrogen-bond donors (Lipinski definition) is 0. The van der Waals surface area contributed by atoms with Crippen LogP contribution in [0.4, 0.5) is 0 Å². The highest BCUT2D eigenvalue weighted by atomic mass is 32.2. The number of ether oxygens (including phenoxy) is 1. The molecule has 2 heterocycles. The first-order valence-electron chi connectivity index (χ1n) is 9.51. The zero-order chi connectivity index (χ0) is 20.2. The maximum atomic E-state index is 13.4. The number of fused-ring (bicyclic) bond motifs is 3. The van der Waals surface area contributed by atoms with Crippen LogP contribution in [-0.2, 0) is 24.3 Å². The van der Waals surface area contributed by atoms with E-state index in [2.05, 4.69) is 0 Å². The number of rotatable bonds is 4. The second-order valence-electron chi connectivity index (χ2n) is 7.60. The van der Waals surface area contributed by atoms with Crippen molar-refractivity contribution in [2.24, 2.45) is 17.8 Å². The van der Waals surface area contributed by atoms with Crippen molar-refractivity contribution in [3.8, 4) is 0 Å². The molecule has 28 heavy (non-hydrogen) atoms. The Morgan fingerprint density at radius 2 is 1.79 bits per heavy atom. The third-order valence-electron chi connectivity index (χ3n) is 6.00. The molecule has 0 N–H and O–H groups in total. The summed E-state index contributed by atoms with van der Waals surface area (Å²) in [4.78, 5) is 26.5. The van der Waals surface area contributed by atoms with Gasteiger partial charge in [-0.3, -0.25) is 14.5 Å². The van der Waals surface area contributed by atoms with Crippen molar-refractivity contribution in [3.05, 3.63) is 41.6 Å². The Morgan fingerprint density at radius 1 is 1.11 bits per heavy atom. The quantitative estimate of drug-likeness (QED) is 0.716. The molecule has 4 atom stereocenters. The van der Waals surface area contributed by atoms with Gasteiger partial charge in [0.2, 0.25) is 11.8 Å². The predicted octanol–water partition coefficient (Wildman–Crippen LogP) is 1.89. The monoisotopic (exact) mass is 404 g/mol. The normalized spacial score (nSPS) is 29.8. The van der Waals surface area contributed by atoms with E-state index >= 15 is 0 Å². The summed E-state index contributed by atoms with van der Waals surface area (Å²) in [6.07, 6.45) is 1.87. The van der Waals surface area contributed by atoms with Gasteiger partial charge in [-0.05, 0) is 32.4 Å². The molecule has 2 fully saturated rings. The van der Waals surface area contributed by atoms with Crippen LogP contribution in [0.15, 0.2) is 40.9 Å². The smallest absolute Gasteiger partial charge is 0.266 e. The van der Waals surface area contributed by atoms with E-state index in [0.29, 0.717) is 25.1 Å². The first-order valence-corrected chi connectivity index (χ1v) is 11.0. The summed E-state index contributed by atoms with van der Waals surface area (Å²) in [5.41, 5.74) is 1.55. The summed E-state index contributed by atoms with van der Waals surface area (Å²) in [5, 5.41) is 0. The Kier molecular flexibility index (Phi) is 4.58. The highest BCUT2D eigenvalue weighted by Crippen LogP contribution is 2.50. The number of amides is 2. The average Bonchev–Trinajstić information content (AvgIpc) is 3.14. The molecule has 8 heteroatoms. The molecule has 0 radical (unpaired) electrons. The number of likely N-dealkylation sites (tertiary alicyclic amines) is 1. The summed E-state index contributed by atoms with van der Waals surface area (Å²) >= 11 is 0. The molecule has 150 valence electrons. The lowest BCUT2D eigenvalue weighted by Crippen LogP contribution is -2.37. The van der Waals surface area contributed by atoms with Gasteiger partial charge in [-0.2, -0.15) is 0 Å². The Bertz CT molecular complexity index is 953. The Balaban J connectivity index is 1.77. The number of hydrogen-bond acceptors (Lipinski definition) is 5. The van der Waals surface area contributed by atoms with E-state index in [1.807, 2.05) is 13.8 Å². The number of carbonyl (C=O) groups is 2. The summed E-state index contributed by atoms with van der Waals surface area (Å²) in [6.45, 7) is 4.06. The van der Waals surface area contributed by atoms with Crippen molar-refractivity contribution >= 4 is 21.8 Å². The van der Waals surface area contributed by atoms with E-state index in [1.165, 1.54) is 16.3 Å². The molecule has 1 aliphatic carbocycles. The topological polar surface area (TPSA) is 84.0 Å². The molecule has 0 bridgehead atoms. The van der Waals surface area contributed by atoms with Crippen molar-refractivity contribution in [2.75, 3.05) is 13.7 Å². The van der Waals surface area contributed by atoms with E-state index < -0.39 is 28.1 Å². The standard InChI is InChI=1S/C20H24N2O5S/c1-4-27-17-11-15-16(10-9-14-18(15)20(24)21(3)19(14)23)22(17)28(25,26)13-7-5-12(2)6-8-13/h5-8,10,14-15,17-18H,4,9,11H2,1-3H3/t14-,15+,17-,18-/m0/s1. The van der Waals surface area contributed by atoms with Gasteiger partial charge in [0.1, 0.15) is 6.23 Å². The summed E-state index contributed by atoms with van der Waals surface area (Å²) in [5.74, 6) is -1.67. The second kappa shape index (κ2) is 6.70. The van der Waals surface area contributed by atoms with Crippen LogP contribution >= 0.6 is 0 Å². The third-order valence-corrected chi connectivity index (χ3v) is 7.83. The molecule has 2 saturated heterocycles. The highest BCUT2D eigenvalue weighted by Gasteiger charge is 2.57. The number of imide groups is 1. The number of aryl methyl sites for hydroxylation is 1. The minimum atomic E-state index is -3.84. The van der Waals surface area contributed by atoms with E-state index in [0.717, 1.165) is 5.56 Å². The number of sulfonamides is 1. The van der Waals surface area contributed by atoms with Crippen molar-refractivity contribution in [1.29, 1.82) is 0 Å². The van der Waals surface area contributed by atoms with Gasteiger partial charge in [0.15, 0.2) is 0 Å². The lowest BCUT2D eigenvalue weighted by atomic mass is 9.75. The fourth-order valence-electron chi connectivity index (χ4n) is 4.64. The second-order valence-corrected chi connectivity index (χ2v) is 9.41. The van der Waals surface area contributed by atoms with Crippen LogP contribution in [0.3, 0.4) is 0 Å². The molecule has 1 aromatic carbocycles. The average molecular weight is 404 g/mol. The molecule has 0 saturated carbocycles. The molecule has 0 unspecified atom stereocenters. The molecule has 7 nitrogen and oxygen atoms in total. The minimum absolute atomic E-state index is 0.182. The van der Waals surface area contributed by atoms with Gasteiger partial charge in [-0.1, -0.05) is 23.8 Å². The number of carbonyl (C=O) groups excluding carboxylic acids is 2. The third kappa shape index (κ3) is 2.69. The lowest BCUT2D eigenvalue weighted by molar-refractivity contribution is -0.138. The fourth-order valence-corrected chi connectivity index (χ4v) is 6.29. The summed E-state index contributed by atoms with van der Waals surface area (Å²) < 4.78 is 34.0. The maximum Gasteiger partial charge on any atom is 0.266 e. The van der Waals surface area contributed by atoms with E-state index in [4.69, 9.17) is 4.74 Å². The molecule has 3 aliphatic rings. The van der Waals surface area contributed by atoms with Gasteiger partial charge in [-0.15, -0.1) is 0 Å². The van der Waals surface area contributed by atoms with Crippen LogP contribution in [0.25, 0.3) is 0 Å². The SMILES string of the molecule is CCO[C@H]1C[C@@H]2C(=CC[C@@H]3C(=O)N(C)C(=O)[C@@H]32)N1S(=O)(=O)c1ccc(C)cc1. The van der Waals surface area contributed by atoms with Gasteiger partial charge >= 0.3 is 0 Å². The molecular formula is C20H24N2O5S. The number of nitrogens with zero attached hydrogens (tertiary/aromatic N) is 2. The van der Waals surface area contributed by atoms with E-state index in [-0.39, 0.29) is 22.6 Å². The maximum absolute atomic E-state index is 13.4. The molecule has 2 amide bonds. The van der Waals surface area contributed by atoms with Gasteiger partial charge < -0.3 is 4.74 Å². The first-order chi connectivity index (χ1) is 13.3. The van der Waals surface area contributed by atoms with Gasteiger partial charge in [0.05, 0.1) is 16.7 Å². The zero-order valence-corrected chi connectivity index (χ0v) is 17.0. The fraction of sp³-hybridized carbons (Fsp3) is 0.500. The minimum Gasteiger partial charge on any atom is -0.358 e. The first kappa shape index (κ1) is 19.1. The Labute approximate surface area is 165 Å². The molecule has 0 aromatic heterocycles. The van der Waals surface area contributed by atoms with Crippen molar-refractivity contribution < 1.29 is 22.7 Å². The van der Waals surface area contributed by atoms with E-state index in [9.17, 15) is 18.0 Å². The predicted molar refractivity (Wildman–Crippen MR) is 101 cm³/mol. The van der Waals surface area contributed by atoms with Crippen LogP contribution in [-0.4, -0.2) is 49.3 Å². The van der Waals surface area contributed by atoms with Gasteiger partial charge in [0.25, 0.3) is 10.0 Å². The summed E-state index contributed by atoms with van der Waals surface area (Å²) in [7, 11) is -2.34. The molecule has 4 rings (SSSR count). The van der Waals surface area contributed by atoms with Crippen LogP contribution < -0.4 is 0 Å². The largest absolute Gasteiger partial charge is 0.358 e. The van der Waals surface area contributed by atoms with Crippen LogP contribution in [0, 0.1) is 24.7 Å². The van der Waals surface area contributed by atoms with Crippen molar-refractivity contribution in [2.45, 2.75) is 37.8 Å². The van der Waals surface area contributed by atoms with Crippen LogP contribution in [0.2, 0.25) is 0 Å². The Morgan fingerprint density at radius 3 is 2.43 bits per heavy atom. The Hall–Kier alpha value is -2.19. The zero-order valence-electron chi connectivity index (χ0n) is 16.2. The molecular weight excluding hydrogens is 380 g/mol. The lowest BCUT2D eigenvalue weighted by Gasteiger charge is -2.31. The highest BCUT2D eigenvalue weighted by molar-refractivity contribution is 7.89. The van der Waals surface area contributed by atoms with E-state index in [1.54, 1.807) is 30.3 Å². The number of benzene rings is 1. The van der Waals surface area contributed by atoms with Crippen molar-refractivity contribution in [1.82, 2.24) is 9.21 Å². The summed E-state index contributed by atoms with van der Waals surface area (Å²) in [6, 6.07) is 6.70. The van der Waals surface area contributed by atoms with Crippen molar-refractivity contribution in [3.63, 3.8) is 0 Å². The number of allylic oxidation sites excluding steroid dienone is 2. The van der Waals surface area contributed by atoms with Crippen LogP contribution in [0.5, 0.6) is 0 Å². The molecule has 0 spiro atoms. The van der Waals surface area contributed by atoms with Gasteiger partial charge in [0, 0.05) is 31.7 Å². The molecule has 2 aliphatic heterocycles. The van der Waals surface area contributed by atoms with Gasteiger partial charge in [-0.25, -0.2) is 12.7 Å². The molecule has 1 aromatic rings.